The number of rotatable bonds is 7. The van der Waals surface area contributed by atoms with Gasteiger partial charge in [0.05, 0.1) is 30.7 Å². The first kappa shape index (κ1) is 23.7. The molecule has 0 spiro atoms. The van der Waals surface area contributed by atoms with E-state index in [2.05, 4.69) is 6.92 Å². The molecule has 1 amide bonds. The van der Waals surface area contributed by atoms with Crippen LogP contribution in [0.3, 0.4) is 0 Å². The fourth-order valence-electron chi connectivity index (χ4n) is 4.70. The molecule has 0 saturated carbocycles. The molecular weight excluding hydrogens is 454 g/mol. The number of hydrogen-bond acceptors (Lipinski definition) is 5. The van der Waals surface area contributed by atoms with Crippen LogP contribution in [-0.2, 0) is 0 Å². The van der Waals surface area contributed by atoms with Gasteiger partial charge in [-0.25, -0.2) is 0 Å². The highest BCUT2D eigenvalue weighted by Crippen LogP contribution is 2.43. The number of carbonyl (C=O) groups excluding carboxylic acids is 1. The zero-order chi connectivity index (χ0) is 25.4. The van der Waals surface area contributed by atoms with Crippen molar-refractivity contribution in [2.24, 2.45) is 0 Å². The molecule has 0 fully saturated rings. The minimum atomic E-state index is -0.671. The normalized spacial score (nSPS) is 14.8. The molecule has 36 heavy (non-hydrogen) atoms. The van der Waals surface area contributed by atoms with Gasteiger partial charge in [-0.2, -0.15) is 0 Å². The summed E-state index contributed by atoms with van der Waals surface area (Å²) in [6.45, 7) is 6.61. The molecule has 1 atom stereocenters. The van der Waals surface area contributed by atoms with Gasteiger partial charge in [-0.1, -0.05) is 37.6 Å². The van der Waals surface area contributed by atoms with Crippen LogP contribution in [0.25, 0.3) is 11.0 Å². The Balaban J connectivity index is 1.72. The number of ether oxygens (including phenoxy) is 2. The molecule has 0 radical (unpaired) electrons. The number of amides is 1. The molecule has 0 saturated heterocycles. The van der Waals surface area contributed by atoms with Crippen LogP contribution in [0, 0.1) is 13.8 Å². The summed E-state index contributed by atoms with van der Waals surface area (Å²) >= 11 is 0. The van der Waals surface area contributed by atoms with Crippen molar-refractivity contribution in [1.82, 2.24) is 0 Å². The zero-order valence-corrected chi connectivity index (χ0v) is 21.0. The van der Waals surface area contributed by atoms with E-state index in [9.17, 15) is 9.59 Å². The molecular formula is C30H29NO5. The van der Waals surface area contributed by atoms with E-state index in [0.29, 0.717) is 40.3 Å². The van der Waals surface area contributed by atoms with E-state index >= 15 is 0 Å². The maximum atomic E-state index is 13.9. The molecule has 184 valence electrons. The first-order valence-corrected chi connectivity index (χ1v) is 12.2. The molecule has 1 aliphatic rings. The molecule has 1 unspecified atom stereocenters. The van der Waals surface area contributed by atoms with Gasteiger partial charge in [0, 0.05) is 5.69 Å². The van der Waals surface area contributed by atoms with Gasteiger partial charge in [0.15, 0.2) is 16.9 Å². The molecule has 2 heterocycles. The van der Waals surface area contributed by atoms with Crippen molar-refractivity contribution in [3.63, 3.8) is 0 Å². The fraction of sp³-hybridized carbons (Fsp3) is 0.267. The second-order valence-corrected chi connectivity index (χ2v) is 9.13. The second-order valence-electron chi connectivity index (χ2n) is 9.13. The molecule has 1 aliphatic heterocycles. The van der Waals surface area contributed by atoms with E-state index in [4.69, 9.17) is 13.9 Å². The van der Waals surface area contributed by atoms with Crippen molar-refractivity contribution < 1.29 is 18.7 Å². The summed E-state index contributed by atoms with van der Waals surface area (Å²) in [6.07, 6.45) is 1.96. The van der Waals surface area contributed by atoms with Crippen molar-refractivity contribution >= 4 is 22.6 Å². The first-order chi connectivity index (χ1) is 17.4. The van der Waals surface area contributed by atoms with Crippen molar-refractivity contribution in [2.75, 3.05) is 18.6 Å². The number of anilines is 1. The van der Waals surface area contributed by atoms with E-state index in [1.807, 2.05) is 74.5 Å². The number of aryl methyl sites for hydroxylation is 2. The van der Waals surface area contributed by atoms with E-state index < -0.39 is 6.04 Å². The van der Waals surface area contributed by atoms with Crippen molar-refractivity contribution in [2.45, 2.75) is 39.7 Å². The highest BCUT2D eigenvalue weighted by molar-refractivity contribution is 6.10. The Bertz CT molecular complexity index is 1510. The van der Waals surface area contributed by atoms with E-state index in [1.165, 1.54) is 0 Å². The Morgan fingerprint density at radius 2 is 1.69 bits per heavy atom. The highest BCUT2D eigenvalue weighted by atomic mass is 16.5. The summed E-state index contributed by atoms with van der Waals surface area (Å²) in [6, 6.07) is 17.9. The molecule has 4 aromatic rings. The second kappa shape index (κ2) is 9.53. The number of carbonyl (C=O) groups is 1. The standard InChI is InChI=1S/C30H29NO5/c1-5-6-14-35-23-13-12-20(17-25(23)34-4)27-26-28(32)22-15-18(2)19(3)16-24(22)36-29(26)30(33)31(27)21-10-8-7-9-11-21/h7-13,15-17,27H,5-6,14H2,1-4H3. The predicted molar refractivity (Wildman–Crippen MR) is 140 cm³/mol. The smallest absolute Gasteiger partial charge is 0.295 e. The Labute approximate surface area is 210 Å². The fourth-order valence-corrected chi connectivity index (χ4v) is 4.70. The van der Waals surface area contributed by atoms with Gasteiger partial charge in [-0.05, 0) is 73.4 Å². The van der Waals surface area contributed by atoms with Gasteiger partial charge >= 0.3 is 0 Å². The summed E-state index contributed by atoms with van der Waals surface area (Å²) in [7, 11) is 1.58. The van der Waals surface area contributed by atoms with Crippen LogP contribution < -0.4 is 19.8 Å². The topological polar surface area (TPSA) is 69.0 Å². The number of fused-ring (bicyclic) bond motifs is 2. The van der Waals surface area contributed by atoms with Crippen LogP contribution in [0.1, 0.15) is 58.6 Å². The number of nitrogens with zero attached hydrogens (tertiary/aromatic N) is 1. The van der Waals surface area contributed by atoms with Crippen LogP contribution in [0.4, 0.5) is 5.69 Å². The third-order valence-electron chi connectivity index (χ3n) is 6.78. The number of methoxy groups -OCH3 is 1. The highest BCUT2D eigenvalue weighted by Gasteiger charge is 2.44. The quantitative estimate of drug-likeness (QED) is 0.287. The SMILES string of the molecule is CCCCOc1ccc(C2c3c(oc4cc(C)c(C)cc4c3=O)C(=O)N2c2ccccc2)cc1OC. The summed E-state index contributed by atoms with van der Waals surface area (Å²) in [5.41, 5.74) is 3.95. The molecule has 1 aromatic heterocycles. The number of hydrogen-bond donors (Lipinski definition) is 0. The summed E-state index contributed by atoms with van der Waals surface area (Å²) in [5.74, 6) is 0.906. The lowest BCUT2D eigenvalue weighted by Crippen LogP contribution is -2.29. The van der Waals surface area contributed by atoms with Crippen molar-refractivity contribution in [3.05, 3.63) is 98.9 Å². The van der Waals surface area contributed by atoms with Crippen LogP contribution in [0.2, 0.25) is 0 Å². The lowest BCUT2D eigenvalue weighted by Gasteiger charge is -2.26. The molecule has 5 rings (SSSR count). The largest absolute Gasteiger partial charge is 0.493 e. The van der Waals surface area contributed by atoms with Crippen molar-refractivity contribution in [3.8, 4) is 11.5 Å². The molecule has 3 aromatic carbocycles. The van der Waals surface area contributed by atoms with Crippen LogP contribution in [0.15, 0.2) is 69.9 Å². The van der Waals surface area contributed by atoms with Gasteiger partial charge in [0.2, 0.25) is 5.76 Å². The maximum Gasteiger partial charge on any atom is 0.295 e. The predicted octanol–water partition coefficient (Wildman–Crippen LogP) is 6.35. The number of unbranched alkanes of at least 4 members (excludes halogenated alkanes) is 1. The van der Waals surface area contributed by atoms with Gasteiger partial charge in [-0.3, -0.25) is 14.5 Å². The third-order valence-corrected chi connectivity index (χ3v) is 6.78. The Morgan fingerprint density at radius 3 is 2.42 bits per heavy atom. The summed E-state index contributed by atoms with van der Waals surface area (Å²) < 4.78 is 17.7. The van der Waals surface area contributed by atoms with Crippen LogP contribution >= 0.6 is 0 Å². The van der Waals surface area contributed by atoms with E-state index in [1.54, 1.807) is 12.0 Å². The molecule has 6 heteroatoms. The molecule has 0 N–H and O–H groups in total. The van der Waals surface area contributed by atoms with Gasteiger partial charge in [0.25, 0.3) is 5.91 Å². The maximum absolute atomic E-state index is 13.9. The average Bonchev–Trinajstić information content (AvgIpc) is 3.18. The molecule has 6 nitrogen and oxygen atoms in total. The van der Waals surface area contributed by atoms with Gasteiger partial charge in [-0.15, -0.1) is 0 Å². The summed E-state index contributed by atoms with van der Waals surface area (Å²) in [5, 5.41) is 0.469. The summed E-state index contributed by atoms with van der Waals surface area (Å²) in [4.78, 5) is 29.3. The van der Waals surface area contributed by atoms with Crippen LogP contribution in [-0.4, -0.2) is 19.6 Å². The Morgan fingerprint density at radius 1 is 0.944 bits per heavy atom. The molecule has 0 bridgehead atoms. The lowest BCUT2D eigenvalue weighted by atomic mass is 9.97. The Kier molecular flexibility index (Phi) is 6.27. The average molecular weight is 484 g/mol. The molecule has 0 aliphatic carbocycles. The number of para-hydroxylation sites is 1. The monoisotopic (exact) mass is 483 g/mol. The number of benzene rings is 3. The first-order valence-electron chi connectivity index (χ1n) is 12.2. The van der Waals surface area contributed by atoms with Gasteiger partial charge in [0.1, 0.15) is 5.58 Å². The van der Waals surface area contributed by atoms with Gasteiger partial charge < -0.3 is 13.9 Å². The third kappa shape index (κ3) is 3.92. The zero-order valence-electron chi connectivity index (χ0n) is 21.0. The van der Waals surface area contributed by atoms with E-state index in [0.717, 1.165) is 29.5 Å². The lowest BCUT2D eigenvalue weighted by molar-refractivity contribution is 0.0971. The van der Waals surface area contributed by atoms with E-state index in [-0.39, 0.29) is 17.1 Å². The minimum Gasteiger partial charge on any atom is -0.493 e. The Hall–Kier alpha value is -4.06. The van der Waals surface area contributed by atoms with Crippen molar-refractivity contribution in [1.29, 1.82) is 0 Å². The minimum absolute atomic E-state index is 0.0758. The van der Waals surface area contributed by atoms with Crippen LogP contribution in [0.5, 0.6) is 11.5 Å².